The van der Waals surface area contributed by atoms with Gasteiger partial charge in [0.15, 0.2) is 0 Å². The lowest BCUT2D eigenvalue weighted by atomic mass is 9.68. The molecule has 1 saturated carbocycles. The van der Waals surface area contributed by atoms with Crippen LogP contribution in [-0.2, 0) is 4.79 Å². The molecule has 1 aliphatic rings. The maximum absolute atomic E-state index is 12.2. The predicted octanol–water partition coefficient (Wildman–Crippen LogP) is 1.76. The first kappa shape index (κ1) is 13.5. The van der Waals surface area contributed by atoms with Gasteiger partial charge in [0.25, 0.3) is 0 Å². The van der Waals surface area contributed by atoms with E-state index in [1.807, 2.05) is 0 Å². The number of nitrogens with two attached hydrogens (primary N) is 1. The van der Waals surface area contributed by atoms with E-state index < -0.39 is 11.4 Å². The molecule has 19 heavy (non-hydrogen) atoms. The summed E-state index contributed by atoms with van der Waals surface area (Å²) in [6, 6.07) is 4.66. The fourth-order valence-electron chi connectivity index (χ4n) is 2.32. The van der Waals surface area contributed by atoms with Crippen molar-refractivity contribution in [2.75, 3.05) is 11.9 Å². The van der Waals surface area contributed by atoms with Crippen LogP contribution in [-0.4, -0.2) is 23.5 Å². The van der Waals surface area contributed by atoms with Gasteiger partial charge in [-0.15, -0.1) is 0 Å². The van der Waals surface area contributed by atoms with E-state index in [1.165, 1.54) is 6.07 Å². The number of aryl methyl sites for hydroxylation is 1. The first-order chi connectivity index (χ1) is 8.98. The lowest BCUT2D eigenvalue weighted by Crippen LogP contribution is -2.47. The van der Waals surface area contributed by atoms with Gasteiger partial charge in [-0.05, 0) is 43.5 Å². The molecule has 5 heteroatoms. The number of hydrogen-bond acceptors (Lipinski definition) is 3. The topological polar surface area (TPSA) is 92.4 Å². The second-order valence-electron chi connectivity index (χ2n) is 5.13. The zero-order chi connectivity index (χ0) is 14.0. The number of carbonyl (C=O) groups is 2. The largest absolute Gasteiger partial charge is 0.478 e. The standard InChI is InChI=1S/C14H18N2O3/c1-9-7-10(12(17)18)3-4-11(9)16-13(19)14(8-15)5-2-6-14/h3-4,7H,2,5-6,8,15H2,1H3,(H,16,19)(H,17,18). The molecule has 1 amide bonds. The van der Waals surface area contributed by atoms with Crippen LogP contribution in [0, 0.1) is 12.3 Å². The molecule has 1 aliphatic carbocycles. The molecule has 2 rings (SSSR count). The number of anilines is 1. The minimum Gasteiger partial charge on any atom is -0.478 e. The molecule has 0 saturated heterocycles. The number of hydrogen-bond donors (Lipinski definition) is 3. The van der Waals surface area contributed by atoms with E-state index in [2.05, 4.69) is 5.32 Å². The Morgan fingerprint density at radius 3 is 2.53 bits per heavy atom. The van der Waals surface area contributed by atoms with Gasteiger partial charge in [-0.2, -0.15) is 0 Å². The van der Waals surface area contributed by atoms with Gasteiger partial charge in [-0.1, -0.05) is 6.42 Å². The number of nitrogens with one attached hydrogen (secondary N) is 1. The summed E-state index contributed by atoms with van der Waals surface area (Å²) >= 11 is 0. The van der Waals surface area contributed by atoms with Crippen LogP contribution in [0.4, 0.5) is 5.69 Å². The van der Waals surface area contributed by atoms with E-state index in [0.29, 0.717) is 12.2 Å². The highest BCUT2D eigenvalue weighted by Gasteiger charge is 2.42. The maximum atomic E-state index is 12.2. The van der Waals surface area contributed by atoms with E-state index >= 15 is 0 Å². The summed E-state index contributed by atoms with van der Waals surface area (Å²) in [6.07, 6.45) is 2.67. The van der Waals surface area contributed by atoms with Crippen molar-refractivity contribution in [3.05, 3.63) is 29.3 Å². The number of benzene rings is 1. The summed E-state index contributed by atoms with van der Waals surface area (Å²) in [5, 5.41) is 11.8. The van der Waals surface area contributed by atoms with Crippen molar-refractivity contribution in [2.24, 2.45) is 11.1 Å². The molecule has 1 aromatic rings. The number of amides is 1. The summed E-state index contributed by atoms with van der Waals surface area (Å²) in [5.41, 5.74) is 6.85. The lowest BCUT2D eigenvalue weighted by molar-refractivity contribution is -0.129. The Kier molecular flexibility index (Phi) is 3.57. The second kappa shape index (κ2) is 5.01. The normalized spacial score (nSPS) is 16.5. The SMILES string of the molecule is Cc1cc(C(=O)O)ccc1NC(=O)C1(CN)CCC1. The van der Waals surface area contributed by atoms with Crippen molar-refractivity contribution in [2.45, 2.75) is 26.2 Å². The molecule has 0 bridgehead atoms. The first-order valence-electron chi connectivity index (χ1n) is 6.34. The van der Waals surface area contributed by atoms with Crippen LogP contribution in [0.3, 0.4) is 0 Å². The Hall–Kier alpha value is -1.88. The third-order valence-corrected chi connectivity index (χ3v) is 3.90. The van der Waals surface area contributed by atoms with Crippen LogP contribution in [0.5, 0.6) is 0 Å². The average molecular weight is 262 g/mol. The van der Waals surface area contributed by atoms with Crippen LogP contribution >= 0.6 is 0 Å². The summed E-state index contributed by atoms with van der Waals surface area (Å²) in [7, 11) is 0. The third kappa shape index (κ3) is 2.46. The van der Waals surface area contributed by atoms with Crippen LogP contribution < -0.4 is 11.1 Å². The minimum absolute atomic E-state index is 0.0626. The maximum Gasteiger partial charge on any atom is 0.335 e. The van der Waals surface area contributed by atoms with Gasteiger partial charge >= 0.3 is 5.97 Å². The number of carboxylic acid groups (broad SMARTS) is 1. The first-order valence-corrected chi connectivity index (χ1v) is 6.34. The Labute approximate surface area is 111 Å². The zero-order valence-electron chi connectivity index (χ0n) is 10.9. The Bertz CT molecular complexity index is 516. The summed E-state index contributed by atoms with van der Waals surface area (Å²) in [4.78, 5) is 23.1. The molecule has 102 valence electrons. The Balaban J connectivity index is 2.15. The smallest absolute Gasteiger partial charge is 0.335 e. The van der Waals surface area contributed by atoms with Crippen LogP contribution in [0.2, 0.25) is 0 Å². The van der Waals surface area contributed by atoms with Gasteiger partial charge in [0, 0.05) is 12.2 Å². The molecule has 0 heterocycles. The third-order valence-electron chi connectivity index (χ3n) is 3.90. The minimum atomic E-state index is -0.974. The number of rotatable bonds is 4. The van der Waals surface area contributed by atoms with E-state index in [4.69, 9.17) is 10.8 Å². The molecule has 1 aromatic carbocycles. The second-order valence-corrected chi connectivity index (χ2v) is 5.13. The van der Waals surface area contributed by atoms with Gasteiger partial charge in [0.05, 0.1) is 11.0 Å². The molecule has 1 fully saturated rings. The molecular weight excluding hydrogens is 244 g/mol. The van der Waals surface area contributed by atoms with Gasteiger partial charge in [-0.3, -0.25) is 4.79 Å². The summed E-state index contributed by atoms with van der Waals surface area (Å²) in [5.74, 6) is -1.04. The molecular formula is C14H18N2O3. The zero-order valence-corrected chi connectivity index (χ0v) is 10.9. The molecule has 0 unspecified atom stereocenters. The predicted molar refractivity (Wildman–Crippen MR) is 72.1 cm³/mol. The van der Waals surface area contributed by atoms with Gasteiger partial charge in [0.2, 0.25) is 5.91 Å². The highest BCUT2D eigenvalue weighted by molar-refractivity contribution is 5.97. The van der Waals surface area contributed by atoms with E-state index in [1.54, 1.807) is 19.1 Å². The lowest BCUT2D eigenvalue weighted by Gasteiger charge is -2.39. The van der Waals surface area contributed by atoms with Crippen molar-refractivity contribution in [1.29, 1.82) is 0 Å². The van der Waals surface area contributed by atoms with E-state index in [0.717, 1.165) is 24.8 Å². The quantitative estimate of drug-likeness (QED) is 0.771. The molecule has 0 aromatic heterocycles. The van der Waals surface area contributed by atoms with Crippen LogP contribution in [0.15, 0.2) is 18.2 Å². The fourth-order valence-corrected chi connectivity index (χ4v) is 2.32. The Morgan fingerprint density at radius 2 is 2.11 bits per heavy atom. The van der Waals surface area contributed by atoms with Crippen LogP contribution in [0.25, 0.3) is 0 Å². The molecule has 0 spiro atoms. The van der Waals surface area contributed by atoms with E-state index in [9.17, 15) is 9.59 Å². The van der Waals surface area contributed by atoms with E-state index in [-0.39, 0.29) is 11.5 Å². The highest BCUT2D eigenvalue weighted by atomic mass is 16.4. The monoisotopic (exact) mass is 262 g/mol. The average Bonchev–Trinajstić information content (AvgIpc) is 2.30. The fraction of sp³-hybridized carbons (Fsp3) is 0.429. The number of carboxylic acids is 1. The molecule has 0 radical (unpaired) electrons. The summed E-state index contributed by atoms with van der Waals surface area (Å²) in [6.45, 7) is 2.13. The van der Waals surface area contributed by atoms with Gasteiger partial charge < -0.3 is 16.2 Å². The summed E-state index contributed by atoms with van der Waals surface area (Å²) < 4.78 is 0. The molecule has 0 aliphatic heterocycles. The van der Waals surface area contributed by atoms with Gasteiger partial charge in [-0.25, -0.2) is 4.79 Å². The van der Waals surface area contributed by atoms with Crippen molar-refractivity contribution in [3.8, 4) is 0 Å². The van der Waals surface area contributed by atoms with Crippen molar-refractivity contribution < 1.29 is 14.7 Å². The van der Waals surface area contributed by atoms with Crippen molar-refractivity contribution >= 4 is 17.6 Å². The van der Waals surface area contributed by atoms with Crippen molar-refractivity contribution in [3.63, 3.8) is 0 Å². The van der Waals surface area contributed by atoms with Crippen LogP contribution in [0.1, 0.15) is 35.2 Å². The Morgan fingerprint density at radius 1 is 1.42 bits per heavy atom. The molecule has 5 nitrogen and oxygen atoms in total. The number of aromatic carboxylic acids is 1. The van der Waals surface area contributed by atoms with Crippen molar-refractivity contribution in [1.82, 2.24) is 0 Å². The van der Waals surface area contributed by atoms with Gasteiger partial charge in [0.1, 0.15) is 0 Å². The number of carbonyl (C=O) groups excluding carboxylic acids is 1. The molecule has 4 N–H and O–H groups in total. The highest BCUT2D eigenvalue weighted by Crippen LogP contribution is 2.41. The molecule has 0 atom stereocenters.